The number of fused-ring (bicyclic) bond motifs is 1. The van der Waals surface area contributed by atoms with E-state index in [0.29, 0.717) is 23.6 Å². The number of carbonyl (C=O) groups excluding carboxylic acids is 2. The van der Waals surface area contributed by atoms with Crippen molar-refractivity contribution in [2.75, 3.05) is 6.79 Å². The predicted molar refractivity (Wildman–Crippen MR) is 104 cm³/mol. The minimum atomic E-state index is -1.15. The van der Waals surface area contributed by atoms with Gasteiger partial charge < -0.3 is 20.1 Å². The summed E-state index contributed by atoms with van der Waals surface area (Å²) in [4.78, 5) is 25.2. The number of rotatable bonds is 4. The first-order chi connectivity index (χ1) is 13.5. The van der Waals surface area contributed by atoms with Crippen molar-refractivity contribution in [2.24, 2.45) is 0 Å². The zero-order valence-corrected chi connectivity index (χ0v) is 15.8. The summed E-state index contributed by atoms with van der Waals surface area (Å²) in [5, 5.41) is 6.73. The Hall–Kier alpha value is -3.33. The topological polar surface area (TPSA) is 91.9 Å². The normalized spacial score (nSPS) is 20.1. The molecule has 0 unspecified atom stereocenters. The van der Waals surface area contributed by atoms with Gasteiger partial charge in [-0.05, 0) is 42.4 Å². The summed E-state index contributed by atoms with van der Waals surface area (Å²) in [6.07, 6.45) is 0. The fourth-order valence-electron chi connectivity index (χ4n) is 3.08. The molecule has 8 nitrogen and oxygen atoms in total. The molecule has 2 aliphatic rings. The van der Waals surface area contributed by atoms with Crippen molar-refractivity contribution in [1.82, 2.24) is 21.1 Å². The monoisotopic (exact) mass is 398 g/mol. The first kappa shape index (κ1) is 18.1. The van der Waals surface area contributed by atoms with E-state index < -0.39 is 17.5 Å². The van der Waals surface area contributed by atoms with Gasteiger partial charge in [-0.1, -0.05) is 36.4 Å². The van der Waals surface area contributed by atoms with Crippen LogP contribution in [-0.4, -0.2) is 28.9 Å². The zero-order chi connectivity index (χ0) is 19.7. The molecule has 1 atom stereocenters. The number of hydrazine groups is 1. The van der Waals surface area contributed by atoms with Crippen LogP contribution in [-0.2, 0) is 16.9 Å². The van der Waals surface area contributed by atoms with Gasteiger partial charge in [0.15, 0.2) is 16.6 Å². The second-order valence-corrected chi connectivity index (χ2v) is 6.95. The number of thiocarbonyl (C=S) groups is 1. The Morgan fingerprint density at radius 2 is 1.93 bits per heavy atom. The number of nitrogens with zero attached hydrogens (tertiary/aromatic N) is 1. The molecule has 4 rings (SSSR count). The first-order valence-corrected chi connectivity index (χ1v) is 9.03. The van der Waals surface area contributed by atoms with Gasteiger partial charge in [-0.2, -0.15) is 5.01 Å². The van der Waals surface area contributed by atoms with E-state index in [9.17, 15) is 9.59 Å². The van der Waals surface area contributed by atoms with Gasteiger partial charge in [-0.3, -0.25) is 10.2 Å². The number of nitrogens with one attached hydrogen (secondary N) is 3. The molecule has 2 aliphatic heterocycles. The Labute approximate surface area is 166 Å². The molecule has 3 N–H and O–H groups in total. The number of amides is 3. The van der Waals surface area contributed by atoms with Crippen LogP contribution in [0.3, 0.4) is 0 Å². The Morgan fingerprint density at radius 1 is 1.18 bits per heavy atom. The molecule has 2 heterocycles. The molecular weight excluding hydrogens is 380 g/mol. The molecule has 0 radical (unpaired) electrons. The highest BCUT2D eigenvalue weighted by atomic mass is 32.1. The lowest BCUT2D eigenvalue weighted by atomic mass is 9.92. The summed E-state index contributed by atoms with van der Waals surface area (Å²) in [7, 11) is 0. The molecule has 0 spiro atoms. The smallest absolute Gasteiger partial charge is 0.344 e. The molecule has 0 aromatic heterocycles. The molecular formula is C19H18N4O4S. The maximum absolute atomic E-state index is 12.8. The van der Waals surface area contributed by atoms with E-state index in [-0.39, 0.29) is 11.9 Å². The zero-order valence-electron chi connectivity index (χ0n) is 15.0. The molecule has 2 aromatic rings. The quantitative estimate of drug-likeness (QED) is 0.534. The molecule has 0 bridgehead atoms. The average molecular weight is 398 g/mol. The van der Waals surface area contributed by atoms with Crippen molar-refractivity contribution < 1.29 is 19.1 Å². The number of hydrogen-bond donors (Lipinski definition) is 3. The van der Waals surface area contributed by atoms with E-state index in [0.717, 1.165) is 10.6 Å². The van der Waals surface area contributed by atoms with E-state index >= 15 is 0 Å². The van der Waals surface area contributed by atoms with Gasteiger partial charge in [0.2, 0.25) is 6.79 Å². The van der Waals surface area contributed by atoms with Crippen LogP contribution >= 0.6 is 12.2 Å². The molecule has 2 aromatic carbocycles. The largest absolute Gasteiger partial charge is 0.454 e. The van der Waals surface area contributed by atoms with Crippen molar-refractivity contribution in [3.05, 3.63) is 59.7 Å². The lowest BCUT2D eigenvalue weighted by molar-refractivity contribution is -0.132. The van der Waals surface area contributed by atoms with Crippen molar-refractivity contribution in [3.63, 3.8) is 0 Å². The van der Waals surface area contributed by atoms with Gasteiger partial charge >= 0.3 is 6.03 Å². The number of imide groups is 1. The van der Waals surface area contributed by atoms with Crippen LogP contribution in [0.2, 0.25) is 0 Å². The summed E-state index contributed by atoms with van der Waals surface area (Å²) < 4.78 is 10.6. The van der Waals surface area contributed by atoms with Crippen molar-refractivity contribution in [3.8, 4) is 11.5 Å². The number of urea groups is 1. The first-order valence-electron chi connectivity index (χ1n) is 8.62. The molecule has 0 saturated carbocycles. The van der Waals surface area contributed by atoms with Crippen LogP contribution in [0.25, 0.3) is 0 Å². The van der Waals surface area contributed by atoms with Crippen molar-refractivity contribution >= 4 is 29.3 Å². The second kappa shape index (κ2) is 7.01. The Morgan fingerprint density at radius 3 is 2.71 bits per heavy atom. The van der Waals surface area contributed by atoms with Crippen molar-refractivity contribution in [2.45, 2.75) is 19.0 Å². The minimum Gasteiger partial charge on any atom is -0.454 e. The summed E-state index contributed by atoms with van der Waals surface area (Å²) in [5.74, 6) is 0.936. The average Bonchev–Trinajstić information content (AvgIpc) is 3.25. The summed E-state index contributed by atoms with van der Waals surface area (Å²) in [6.45, 7) is 2.26. The lowest BCUT2D eigenvalue weighted by Gasteiger charge is -2.22. The van der Waals surface area contributed by atoms with E-state index in [1.807, 2.05) is 36.4 Å². The number of ether oxygens (including phenoxy) is 2. The van der Waals surface area contributed by atoms with Gasteiger partial charge in [0.05, 0.1) is 0 Å². The maximum atomic E-state index is 12.8. The third kappa shape index (κ3) is 3.20. The third-order valence-corrected chi connectivity index (χ3v) is 4.88. The Kier molecular flexibility index (Phi) is 4.52. The summed E-state index contributed by atoms with van der Waals surface area (Å²) >= 11 is 5.23. The number of benzene rings is 2. The summed E-state index contributed by atoms with van der Waals surface area (Å²) in [5.41, 5.74) is 3.12. The number of carbonyl (C=O) groups is 2. The SMILES string of the molecule is C[C@]1(c2ccccc2)NC(=O)N(NC(=S)NCc2ccc3c(c2)OCO3)C1=O. The predicted octanol–water partition coefficient (Wildman–Crippen LogP) is 1.76. The molecule has 0 aliphatic carbocycles. The molecule has 1 fully saturated rings. The van der Waals surface area contributed by atoms with Crippen molar-refractivity contribution in [1.29, 1.82) is 0 Å². The molecule has 3 amide bonds. The van der Waals surface area contributed by atoms with Crippen LogP contribution in [0, 0.1) is 0 Å². The van der Waals surface area contributed by atoms with Crippen LogP contribution in [0.5, 0.6) is 11.5 Å². The molecule has 28 heavy (non-hydrogen) atoms. The van der Waals surface area contributed by atoms with E-state index in [2.05, 4.69) is 16.1 Å². The van der Waals surface area contributed by atoms with Crippen LogP contribution in [0.15, 0.2) is 48.5 Å². The minimum absolute atomic E-state index is 0.151. The number of hydrogen-bond acceptors (Lipinski definition) is 5. The van der Waals surface area contributed by atoms with E-state index in [4.69, 9.17) is 21.7 Å². The van der Waals surface area contributed by atoms with Gasteiger partial charge in [-0.15, -0.1) is 0 Å². The van der Waals surface area contributed by atoms with E-state index in [1.165, 1.54) is 0 Å². The standard InChI is InChI=1S/C19H18N4O4S/c1-19(13-5-3-2-4-6-13)16(24)23(18(25)21-19)22-17(28)20-10-12-7-8-14-15(9-12)27-11-26-14/h2-9H,10-11H2,1H3,(H,21,25)(H2,20,22,28)/t19-/m1/s1. The Balaban J connectivity index is 1.39. The maximum Gasteiger partial charge on any atom is 0.344 e. The Bertz CT molecular complexity index is 952. The van der Waals surface area contributed by atoms with Crippen LogP contribution in [0.4, 0.5) is 4.79 Å². The highest BCUT2D eigenvalue weighted by Crippen LogP contribution is 2.32. The van der Waals surface area contributed by atoms with Gasteiger partial charge in [0.1, 0.15) is 5.54 Å². The third-order valence-electron chi connectivity index (χ3n) is 4.65. The highest BCUT2D eigenvalue weighted by molar-refractivity contribution is 7.80. The van der Waals surface area contributed by atoms with Gasteiger partial charge in [-0.25, -0.2) is 4.79 Å². The fourth-order valence-corrected chi connectivity index (χ4v) is 3.25. The fraction of sp³-hybridized carbons (Fsp3) is 0.211. The second-order valence-electron chi connectivity index (χ2n) is 6.54. The molecule has 9 heteroatoms. The molecule has 144 valence electrons. The van der Waals surface area contributed by atoms with Gasteiger partial charge in [0, 0.05) is 6.54 Å². The summed E-state index contributed by atoms with van der Waals surface area (Å²) in [6, 6.07) is 14.0. The lowest BCUT2D eigenvalue weighted by Crippen LogP contribution is -2.51. The van der Waals surface area contributed by atoms with E-state index in [1.54, 1.807) is 19.1 Å². The van der Waals surface area contributed by atoms with Crippen LogP contribution in [0.1, 0.15) is 18.1 Å². The molecule has 1 saturated heterocycles. The van der Waals surface area contributed by atoms with Gasteiger partial charge in [0.25, 0.3) is 5.91 Å². The highest BCUT2D eigenvalue weighted by Gasteiger charge is 2.49. The van der Waals surface area contributed by atoms with Crippen LogP contribution < -0.4 is 25.5 Å².